The van der Waals surface area contributed by atoms with Crippen LogP contribution in [-0.4, -0.2) is 42.4 Å². The van der Waals surface area contributed by atoms with Crippen molar-refractivity contribution in [3.8, 4) is 0 Å². The van der Waals surface area contributed by atoms with Crippen molar-refractivity contribution in [2.75, 3.05) is 20.6 Å². The second-order valence-electron chi connectivity index (χ2n) is 5.91. The van der Waals surface area contributed by atoms with E-state index in [1.165, 1.54) is 30.3 Å². The van der Waals surface area contributed by atoms with Crippen molar-refractivity contribution in [2.45, 2.75) is 15.8 Å². The van der Waals surface area contributed by atoms with E-state index in [0.29, 0.717) is 5.56 Å². The number of hydrogen-bond acceptors (Lipinski definition) is 5. The van der Waals surface area contributed by atoms with Gasteiger partial charge in [0.15, 0.2) is 0 Å². The van der Waals surface area contributed by atoms with Crippen molar-refractivity contribution >= 4 is 20.0 Å². The number of likely N-dealkylation sites (N-methyl/N-ethyl adjacent to an activating group) is 1. The lowest BCUT2D eigenvalue weighted by Crippen LogP contribution is -2.34. The molecule has 2 rings (SSSR count). The Hall–Kier alpha value is -1.85. The molecule has 1 unspecified atom stereocenters. The Bertz CT molecular complexity index is 992. The fraction of sp³-hybridized carbons (Fsp3) is 0.250. The van der Waals surface area contributed by atoms with Crippen LogP contribution < -0.4 is 9.86 Å². The molecule has 142 valence electrons. The van der Waals surface area contributed by atoms with Crippen LogP contribution in [0.4, 0.5) is 4.39 Å². The number of hydrogen-bond donors (Lipinski definition) is 2. The average molecular weight is 401 g/mol. The summed E-state index contributed by atoms with van der Waals surface area (Å²) in [7, 11) is -4.52. The van der Waals surface area contributed by atoms with E-state index in [1.54, 1.807) is 31.1 Å². The molecule has 0 bridgehead atoms. The topological polar surface area (TPSA) is 110 Å². The smallest absolute Gasteiger partial charge is 0.240 e. The van der Waals surface area contributed by atoms with E-state index >= 15 is 0 Å². The molecule has 7 nitrogen and oxygen atoms in total. The third-order valence-corrected chi connectivity index (χ3v) is 6.10. The van der Waals surface area contributed by atoms with Gasteiger partial charge in [-0.15, -0.1) is 0 Å². The first kappa shape index (κ1) is 20.5. The Morgan fingerprint density at radius 1 is 1.04 bits per heavy atom. The van der Waals surface area contributed by atoms with Crippen molar-refractivity contribution in [3.05, 3.63) is 59.9 Å². The zero-order valence-electron chi connectivity index (χ0n) is 14.3. The molecule has 10 heteroatoms. The van der Waals surface area contributed by atoms with Crippen LogP contribution in [0.1, 0.15) is 11.6 Å². The monoisotopic (exact) mass is 401 g/mol. The zero-order chi connectivity index (χ0) is 19.5. The molecule has 0 aliphatic rings. The van der Waals surface area contributed by atoms with Gasteiger partial charge >= 0.3 is 0 Å². The number of nitrogens with one attached hydrogen (secondary N) is 1. The van der Waals surface area contributed by atoms with E-state index in [-0.39, 0.29) is 16.3 Å². The fourth-order valence-electron chi connectivity index (χ4n) is 2.40. The Balaban J connectivity index is 2.26. The molecule has 0 heterocycles. The molecule has 0 aromatic heterocycles. The number of sulfonamides is 2. The summed E-state index contributed by atoms with van der Waals surface area (Å²) in [5, 5.41) is 5.04. The summed E-state index contributed by atoms with van der Waals surface area (Å²) in [5.41, 5.74) is 0.607. The predicted octanol–water partition coefficient (Wildman–Crippen LogP) is 1.05. The quantitative estimate of drug-likeness (QED) is 0.721. The molecule has 26 heavy (non-hydrogen) atoms. The van der Waals surface area contributed by atoms with Gasteiger partial charge in [-0.25, -0.2) is 31.1 Å². The second kappa shape index (κ2) is 7.80. The Morgan fingerprint density at radius 2 is 1.65 bits per heavy atom. The zero-order valence-corrected chi connectivity index (χ0v) is 15.9. The molecule has 0 aliphatic heterocycles. The van der Waals surface area contributed by atoms with Gasteiger partial charge in [-0.2, -0.15) is 0 Å². The summed E-state index contributed by atoms with van der Waals surface area (Å²) in [6.07, 6.45) is 0. The molecule has 0 spiro atoms. The van der Waals surface area contributed by atoms with E-state index in [2.05, 4.69) is 4.72 Å². The SMILES string of the molecule is CN(C)C(CNS(=O)(=O)c1cccc(S(N)(=O)=O)c1)c1cccc(F)c1. The fourth-order valence-corrected chi connectivity index (χ4v) is 4.12. The largest absolute Gasteiger partial charge is 0.301 e. The van der Waals surface area contributed by atoms with Gasteiger partial charge in [-0.1, -0.05) is 18.2 Å². The summed E-state index contributed by atoms with van der Waals surface area (Å²) in [5.74, 6) is -0.418. The third-order valence-electron chi connectivity index (χ3n) is 3.77. The molecule has 1 atom stereocenters. The molecule has 0 amide bonds. The number of halogens is 1. The third kappa shape index (κ3) is 5.08. The predicted molar refractivity (Wildman–Crippen MR) is 95.8 cm³/mol. The summed E-state index contributed by atoms with van der Waals surface area (Å²) in [6.45, 7) is -0.0294. The number of nitrogens with zero attached hydrogens (tertiary/aromatic N) is 1. The summed E-state index contributed by atoms with van der Waals surface area (Å²) < 4.78 is 63.7. The maximum Gasteiger partial charge on any atom is 0.240 e. The molecule has 0 fully saturated rings. The highest BCUT2D eigenvalue weighted by atomic mass is 32.2. The van der Waals surface area contributed by atoms with E-state index in [9.17, 15) is 21.2 Å². The summed E-state index contributed by atoms with van der Waals surface area (Å²) in [4.78, 5) is 1.23. The van der Waals surface area contributed by atoms with E-state index in [4.69, 9.17) is 5.14 Å². The summed E-state index contributed by atoms with van der Waals surface area (Å²) in [6, 6.07) is 10.2. The minimum Gasteiger partial charge on any atom is -0.301 e. The maximum atomic E-state index is 13.5. The van der Waals surface area contributed by atoms with Crippen LogP contribution in [-0.2, 0) is 20.0 Å². The highest BCUT2D eigenvalue weighted by Gasteiger charge is 2.21. The standard InChI is InChI=1S/C16H20FN3O4S2/c1-20(2)16(12-5-3-6-13(17)9-12)11-19-26(23,24)15-8-4-7-14(10-15)25(18,21)22/h3-10,16,19H,11H2,1-2H3,(H2,18,21,22). The molecular weight excluding hydrogens is 381 g/mol. The Morgan fingerprint density at radius 3 is 2.23 bits per heavy atom. The molecule has 2 aromatic carbocycles. The molecular formula is C16H20FN3O4S2. The van der Waals surface area contributed by atoms with Crippen molar-refractivity contribution in [1.29, 1.82) is 0 Å². The summed E-state index contributed by atoms with van der Waals surface area (Å²) >= 11 is 0. The van der Waals surface area contributed by atoms with Crippen LogP contribution >= 0.6 is 0 Å². The van der Waals surface area contributed by atoms with Gasteiger partial charge in [0, 0.05) is 12.6 Å². The first-order valence-electron chi connectivity index (χ1n) is 7.55. The minimum absolute atomic E-state index is 0.0294. The molecule has 0 radical (unpaired) electrons. The van der Waals surface area contributed by atoms with Gasteiger partial charge < -0.3 is 4.90 Å². The molecule has 2 aromatic rings. The lowest BCUT2D eigenvalue weighted by molar-refractivity contribution is 0.299. The van der Waals surface area contributed by atoms with E-state index in [0.717, 1.165) is 6.07 Å². The van der Waals surface area contributed by atoms with Gasteiger partial charge in [0.25, 0.3) is 0 Å². The van der Waals surface area contributed by atoms with Gasteiger partial charge in [0.05, 0.1) is 9.79 Å². The first-order valence-corrected chi connectivity index (χ1v) is 10.6. The van der Waals surface area contributed by atoms with Crippen LogP contribution in [0.25, 0.3) is 0 Å². The average Bonchev–Trinajstić information content (AvgIpc) is 2.54. The number of rotatable bonds is 7. The van der Waals surface area contributed by atoms with Crippen LogP contribution in [0.2, 0.25) is 0 Å². The van der Waals surface area contributed by atoms with E-state index < -0.39 is 31.9 Å². The van der Waals surface area contributed by atoms with Crippen LogP contribution in [0.5, 0.6) is 0 Å². The molecule has 0 saturated carbocycles. The highest BCUT2D eigenvalue weighted by Crippen LogP contribution is 2.20. The van der Waals surface area contributed by atoms with Gasteiger partial charge in [-0.05, 0) is 50.0 Å². The van der Waals surface area contributed by atoms with Crippen LogP contribution in [0, 0.1) is 5.82 Å². The molecule has 3 N–H and O–H groups in total. The van der Waals surface area contributed by atoms with Crippen molar-refractivity contribution < 1.29 is 21.2 Å². The number of nitrogens with two attached hydrogens (primary N) is 1. The van der Waals surface area contributed by atoms with Crippen molar-refractivity contribution in [3.63, 3.8) is 0 Å². The molecule has 0 saturated heterocycles. The Kier molecular flexibility index (Phi) is 6.14. The number of benzene rings is 2. The first-order chi connectivity index (χ1) is 12.0. The van der Waals surface area contributed by atoms with Crippen molar-refractivity contribution in [2.24, 2.45) is 5.14 Å². The van der Waals surface area contributed by atoms with E-state index in [1.807, 2.05) is 0 Å². The second-order valence-corrected chi connectivity index (χ2v) is 9.23. The minimum atomic E-state index is -4.02. The van der Waals surface area contributed by atoms with Crippen LogP contribution in [0.15, 0.2) is 58.3 Å². The molecule has 0 aliphatic carbocycles. The van der Waals surface area contributed by atoms with Crippen LogP contribution in [0.3, 0.4) is 0 Å². The van der Waals surface area contributed by atoms with Gasteiger partial charge in [-0.3, -0.25) is 0 Å². The highest BCUT2D eigenvalue weighted by molar-refractivity contribution is 7.90. The van der Waals surface area contributed by atoms with Gasteiger partial charge in [0.2, 0.25) is 20.0 Å². The normalized spacial score (nSPS) is 13.7. The maximum absolute atomic E-state index is 13.5. The Labute approximate surface area is 152 Å². The lowest BCUT2D eigenvalue weighted by atomic mass is 10.1. The van der Waals surface area contributed by atoms with Crippen molar-refractivity contribution in [1.82, 2.24) is 9.62 Å². The number of primary sulfonamides is 1. The lowest BCUT2D eigenvalue weighted by Gasteiger charge is -2.25. The van der Waals surface area contributed by atoms with Gasteiger partial charge in [0.1, 0.15) is 5.82 Å².